The van der Waals surface area contributed by atoms with E-state index in [1.807, 2.05) is 13.0 Å². The second-order valence-corrected chi connectivity index (χ2v) is 6.16. The predicted molar refractivity (Wildman–Crippen MR) is 95.0 cm³/mol. The summed E-state index contributed by atoms with van der Waals surface area (Å²) in [6.07, 6.45) is 1.73. The topological polar surface area (TPSA) is 55.1 Å². The number of aryl methyl sites for hydroxylation is 2. The monoisotopic (exact) mass is 376 g/mol. The van der Waals surface area contributed by atoms with E-state index in [0.29, 0.717) is 16.6 Å². The van der Waals surface area contributed by atoms with Crippen molar-refractivity contribution in [1.29, 1.82) is 0 Å². The molecule has 3 aromatic rings. The van der Waals surface area contributed by atoms with Crippen LogP contribution < -0.4 is 5.32 Å². The van der Waals surface area contributed by atoms with Crippen molar-refractivity contribution < 1.29 is 18.0 Å². The minimum Gasteiger partial charge on any atom is -0.441 e. The second kappa shape index (κ2) is 7.66. The maximum absolute atomic E-state index is 13.8. The van der Waals surface area contributed by atoms with Crippen LogP contribution in [-0.4, -0.2) is 10.9 Å². The molecule has 0 aliphatic rings. The van der Waals surface area contributed by atoms with Gasteiger partial charge in [0.25, 0.3) is 0 Å². The first-order chi connectivity index (χ1) is 12.4. The number of carbonyl (C=O) groups excluding carboxylic acids is 1. The number of carbonyl (C=O) groups is 1. The van der Waals surface area contributed by atoms with Gasteiger partial charge in [-0.2, -0.15) is 0 Å². The summed E-state index contributed by atoms with van der Waals surface area (Å²) in [5.74, 6) is -1.15. The molecule has 0 fully saturated rings. The standard InChI is InChI=1S/C19H15ClF2N2O2/c1-11-2-4-13(9-15(11)20)24-18(25)6-7-19-23-10-17(26-19)14-5-3-12(21)8-16(14)22/h2-5,8-10H,6-7H2,1H3,(H,24,25). The molecule has 0 aliphatic heterocycles. The van der Waals surface area contributed by atoms with Crippen LogP contribution in [0.1, 0.15) is 17.9 Å². The third-order valence-electron chi connectivity index (χ3n) is 3.77. The van der Waals surface area contributed by atoms with Crippen LogP contribution in [0.25, 0.3) is 11.3 Å². The highest BCUT2D eigenvalue weighted by Gasteiger charge is 2.13. The highest BCUT2D eigenvalue weighted by atomic mass is 35.5. The van der Waals surface area contributed by atoms with E-state index in [-0.39, 0.29) is 30.1 Å². The van der Waals surface area contributed by atoms with Gasteiger partial charge in [0.15, 0.2) is 11.7 Å². The molecular formula is C19H15ClF2N2O2. The van der Waals surface area contributed by atoms with E-state index in [1.165, 1.54) is 12.3 Å². The van der Waals surface area contributed by atoms with E-state index in [2.05, 4.69) is 10.3 Å². The molecule has 1 heterocycles. The maximum atomic E-state index is 13.8. The summed E-state index contributed by atoms with van der Waals surface area (Å²) in [5.41, 5.74) is 1.64. The van der Waals surface area contributed by atoms with Crippen molar-refractivity contribution in [2.24, 2.45) is 0 Å². The summed E-state index contributed by atoms with van der Waals surface area (Å²) in [7, 11) is 0. The number of amides is 1. The first-order valence-corrected chi connectivity index (χ1v) is 8.26. The molecular weight excluding hydrogens is 362 g/mol. The van der Waals surface area contributed by atoms with Gasteiger partial charge in [-0.15, -0.1) is 0 Å². The number of aromatic nitrogens is 1. The Hall–Kier alpha value is -2.73. The lowest BCUT2D eigenvalue weighted by molar-refractivity contribution is -0.116. The molecule has 4 nitrogen and oxygen atoms in total. The van der Waals surface area contributed by atoms with Crippen LogP contribution in [0, 0.1) is 18.6 Å². The Morgan fingerprint density at radius 3 is 2.77 bits per heavy atom. The Bertz CT molecular complexity index is 956. The van der Waals surface area contributed by atoms with E-state index >= 15 is 0 Å². The molecule has 0 aliphatic carbocycles. The Kier molecular flexibility index (Phi) is 5.32. The Morgan fingerprint density at radius 2 is 2.04 bits per heavy atom. The lowest BCUT2D eigenvalue weighted by atomic mass is 10.2. The first kappa shape index (κ1) is 18.1. The quantitative estimate of drug-likeness (QED) is 0.669. The van der Waals surface area contributed by atoms with Crippen molar-refractivity contribution in [2.45, 2.75) is 19.8 Å². The number of hydrogen-bond acceptors (Lipinski definition) is 3. The second-order valence-electron chi connectivity index (χ2n) is 5.75. The van der Waals surface area contributed by atoms with Crippen molar-refractivity contribution >= 4 is 23.2 Å². The highest BCUT2D eigenvalue weighted by Crippen LogP contribution is 2.25. The minimum atomic E-state index is -0.735. The molecule has 0 radical (unpaired) electrons. The van der Waals surface area contributed by atoms with Gasteiger partial charge in [-0.1, -0.05) is 17.7 Å². The summed E-state index contributed by atoms with van der Waals surface area (Å²) in [5, 5.41) is 3.31. The van der Waals surface area contributed by atoms with Gasteiger partial charge in [0, 0.05) is 29.6 Å². The highest BCUT2D eigenvalue weighted by molar-refractivity contribution is 6.31. The van der Waals surface area contributed by atoms with Gasteiger partial charge >= 0.3 is 0 Å². The fourth-order valence-electron chi connectivity index (χ4n) is 2.35. The van der Waals surface area contributed by atoms with Gasteiger partial charge in [0.05, 0.1) is 11.8 Å². The zero-order chi connectivity index (χ0) is 18.7. The first-order valence-electron chi connectivity index (χ1n) is 7.88. The van der Waals surface area contributed by atoms with Gasteiger partial charge in [-0.25, -0.2) is 13.8 Å². The van der Waals surface area contributed by atoms with Gasteiger partial charge in [0.2, 0.25) is 5.91 Å². The number of anilines is 1. The van der Waals surface area contributed by atoms with Crippen LogP contribution in [0.5, 0.6) is 0 Å². The third-order valence-corrected chi connectivity index (χ3v) is 4.18. The number of oxazole rings is 1. The minimum absolute atomic E-state index is 0.115. The molecule has 26 heavy (non-hydrogen) atoms. The Morgan fingerprint density at radius 1 is 1.23 bits per heavy atom. The summed E-state index contributed by atoms with van der Waals surface area (Å²) < 4.78 is 32.2. The summed E-state index contributed by atoms with van der Waals surface area (Å²) in [6.45, 7) is 1.87. The molecule has 0 atom stereocenters. The van der Waals surface area contributed by atoms with Crippen LogP contribution in [0.4, 0.5) is 14.5 Å². The van der Waals surface area contributed by atoms with Gasteiger partial charge in [-0.05, 0) is 36.8 Å². The normalized spacial score (nSPS) is 10.8. The number of halogens is 3. The van der Waals surface area contributed by atoms with Crippen LogP contribution in [-0.2, 0) is 11.2 Å². The molecule has 0 spiro atoms. The molecule has 134 valence electrons. The average Bonchev–Trinajstić information content (AvgIpc) is 3.05. The fraction of sp³-hybridized carbons (Fsp3) is 0.158. The molecule has 3 rings (SSSR count). The number of nitrogens with one attached hydrogen (secondary N) is 1. The predicted octanol–water partition coefficient (Wildman–Crippen LogP) is 5.15. The molecule has 0 unspecified atom stereocenters. The van der Waals surface area contributed by atoms with E-state index in [4.69, 9.17) is 16.0 Å². The van der Waals surface area contributed by atoms with Crippen LogP contribution in [0.15, 0.2) is 47.0 Å². The zero-order valence-corrected chi connectivity index (χ0v) is 14.6. The van der Waals surface area contributed by atoms with Crippen molar-refractivity contribution in [3.8, 4) is 11.3 Å². The number of rotatable bonds is 5. The molecule has 1 N–H and O–H groups in total. The van der Waals surface area contributed by atoms with E-state index in [0.717, 1.165) is 17.7 Å². The molecule has 7 heteroatoms. The van der Waals surface area contributed by atoms with Crippen molar-refractivity contribution in [2.75, 3.05) is 5.32 Å². The summed E-state index contributed by atoms with van der Waals surface area (Å²) in [6, 6.07) is 8.45. The number of nitrogens with zero attached hydrogens (tertiary/aromatic N) is 1. The van der Waals surface area contributed by atoms with Crippen LogP contribution in [0.2, 0.25) is 5.02 Å². The molecule has 0 saturated heterocycles. The zero-order valence-electron chi connectivity index (χ0n) is 13.9. The van der Waals surface area contributed by atoms with Gasteiger partial charge in [-0.3, -0.25) is 4.79 Å². The molecule has 1 aromatic heterocycles. The number of hydrogen-bond donors (Lipinski definition) is 1. The smallest absolute Gasteiger partial charge is 0.224 e. The lowest BCUT2D eigenvalue weighted by Crippen LogP contribution is -2.12. The lowest BCUT2D eigenvalue weighted by Gasteiger charge is -2.06. The van der Waals surface area contributed by atoms with E-state index in [1.54, 1.807) is 12.1 Å². The average molecular weight is 377 g/mol. The van der Waals surface area contributed by atoms with Crippen molar-refractivity contribution in [1.82, 2.24) is 4.98 Å². The van der Waals surface area contributed by atoms with Gasteiger partial charge < -0.3 is 9.73 Å². The largest absolute Gasteiger partial charge is 0.441 e. The Balaban J connectivity index is 1.60. The maximum Gasteiger partial charge on any atom is 0.224 e. The molecule has 0 saturated carbocycles. The fourth-order valence-corrected chi connectivity index (χ4v) is 2.53. The van der Waals surface area contributed by atoms with Crippen LogP contribution in [0.3, 0.4) is 0 Å². The molecule has 1 amide bonds. The van der Waals surface area contributed by atoms with Crippen LogP contribution >= 0.6 is 11.6 Å². The SMILES string of the molecule is Cc1ccc(NC(=O)CCc2ncc(-c3ccc(F)cc3F)o2)cc1Cl. The van der Waals surface area contributed by atoms with Gasteiger partial charge in [0.1, 0.15) is 11.6 Å². The molecule has 2 aromatic carbocycles. The summed E-state index contributed by atoms with van der Waals surface area (Å²) in [4.78, 5) is 16.1. The Labute approximate surface area is 153 Å². The van der Waals surface area contributed by atoms with Crippen molar-refractivity contribution in [3.63, 3.8) is 0 Å². The van der Waals surface area contributed by atoms with E-state index in [9.17, 15) is 13.6 Å². The molecule has 0 bridgehead atoms. The van der Waals surface area contributed by atoms with Crippen molar-refractivity contribution in [3.05, 3.63) is 70.7 Å². The third kappa shape index (κ3) is 4.26. The number of benzene rings is 2. The summed E-state index contributed by atoms with van der Waals surface area (Å²) >= 11 is 6.02. The van der Waals surface area contributed by atoms with E-state index < -0.39 is 11.6 Å².